The number of aromatic nitrogens is 1. The Morgan fingerprint density at radius 3 is 2.58 bits per heavy atom. The van der Waals surface area contributed by atoms with E-state index in [1.54, 1.807) is 11.1 Å². The maximum Gasteiger partial charge on any atom is 0.244 e. The van der Waals surface area contributed by atoms with E-state index in [1.165, 1.54) is 36.5 Å². The highest BCUT2D eigenvalue weighted by molar-refractivity contribution is 7.89. The van der Waals surface area contributed by atoms with E-state index < -0.39 is 26.8 Å². The number of anilines is 1. The lowest BCUT2D eigenvalue weighted by Gasteiger charge is -2.35. The van der Waals surface area contributed by atoms with Crippen LogP contribution < -0.4 is 9.62 Å². The summed E-state index contributed by atoms with van der Waals surface area (Å²) in [5.74, 6) is -1.18. The lowest BCUT2D eigenvalue weighted by atomic mass is 10.2. The lowest BCUT2D eigenvalue weighted by Crippen LogP contribution is -2.54. The Bertz CT molecular complexity index is 865. The van der Waals surface area contributed by atoms with Gasteiger partial charge in [0, 0.05) is 37.8 Å². The van der Waals surface area contributed by atoms with Gasteiger partial charge in [-0.15, -0.1) is 11.3 Å². The average molecular weight is 398 g/mol. The van der Waals surface area contributed by atoms with Gasteiger partial charge in [-0.3, -0.25) is 4.79 Å². The van der Waals surface area contributed by atoms with Gasteiger partial charge in [0.25, 0.3) is 0 Å². The topological polar surface area (TPSA) is 82.6 Å². The molecule has 0 aliphatic carbocycles. The first-order valence-electron chi connectivity index (χ1n) is 8.08. The summed E-state index contributed by atoms with van der Waals surface area (Å²) in [5, 5.41) is 2.80. The van der Waals surface area contributed by atoms with Crippen LogP contribution in [0.15, 0.2) is 40.7 Å². The molecule has 10 heteroatoms. The zero-order valence-electron chi connectivity index (χ0n) is 14.1. The van der Waals surface area contributed by atoms with E-state index in [0.29, 0.717) is 26.2 Å². The highest BCUT2D eigenvalue weighted by Crippen LogP contribution is 2.19. The number of hydrogen-bond acceptors (Lipinski definition) is 6. The van der Waals surface area contributed by atoms with Crippen LogP contribution in [0, 0.1) is 5.82 Å². The Labute approximate surface area is 155 Å². The van der Waals surface area contributed by atoms with Crippen molar-refractivity contribution in [2.45, 2.75) is 17.9 Å². The molecule has 1 amide bonds. The molecule has 0 spiro atoms. The Morgan fingerprint density at radius 1 is 1.27 bits per heavy atom. The molecule has 1 fully saturated rings. The van der Waals surface area contributed by atoms with E-state index in [1.807, 2.05) is 5.38 Å². The number of halogens is 1. The SMILES string of the molecule is C[C@@H](NS(=O)(=O)c1ccccc1F)C(=O)N1CCN(c2nccs2)CC1. The second-order valence-electron chi connectivity index (χ2n) is 5.90. The second kappa shape index (κ2) is 7.68. The predicted molar refractivity (Wildman–Crippen MR) is 97.1 cm³/mol. The molecule has 0 unspecified atom stereocenters. The quantitative estimate of drug-likeness (QED) is 0.821. The Morgan fingerprint density at radius 2 is 1.96 bits per heavy atom. The molecule has 1 aliphatic rings. The van der Waals surface area contributed by atoms with Crippen LogP contribution in [0.4, 0.5) is 9.52 Å². The van der Waals surface area contributed by atoms with Crippen LogP contribution in [0.25, 0.3) is 0 Å². The normalized spacial score (nSPS) is 16.5. The van der Waals surface area contributed by atoms with Crippen molar-refractivity contribution in [2.24, 2.45) is 0 Å². The van der Waals surface area contributed by atoms with Crippen molar-refractivity contribution in [2.75, 3.05) is 31.1 Å². The third-order valence-electron chi connectivity index (χ3n) is 4.11. The standard InChI is InChI=1S/C16H19FN4O3S2/c1-12(19-26(23,24)14-5-3-2-4-13(14)17)15(22)20-7-9-21(10-8-20)16-18-6-11-25-16/h2-6,11-12,19H,7-10H2,1H3/t12-/m1/s1. The molecule has 140 valence electrons. The van der Waals surface area contributed by atoms with Crippen molar-refractivity contribution in [3.8, 4) is 0 Å². The number of nitrogens with zero attached hydrogens (tertiary/aromatic N) is 3. The maximum absolute atomic E-state index is 13.7. The largest absolute Gasteiger partial charge is 0.345 e. The zero-order valence-corrected chi connectivity index (χ0v) is 15.8. The van der Waals surface area contributed by atoms with Gasteiger partial charge in [-0.2, -0.15) is 4.72 Å². The Balaban J connectivity index is 1.61. The number of sulfonamides is 1. The van der Waals surface area contributed by atoms with Crippen LogP contribution in [0.3, 0.4) is 0 Å². The number of nitrogens with one attached hydrogen (secondary N) is 1. The van der Waals surface area contributed by atoms with Crippen molar-refractivity contribution >= 4 is 32.4 Å². The summed E-state index contributed by atoms with van der Waals surface area (Å²) in [6.07, 6.45) is 1.73. The van der Waals surface area contributed by atoms with Gasteiger partial charge in [0.1, 0.15) is 10.7 Å². The summed E-state index contributed by atoms with van der Waals surface area (Å²) in [7, 11) is -4.11. The third-order valence-corrected chi connectivity index (χ3v) is 6.52. The zero-order chi connectivity index (χ0) is 18.7. The molecule has 7 nitrogen and oxygen atoms in total. The van der Waals surface area contributed by atoms with Gasteiger partial charge in [0.2, 0.25) is 15.9 Å². The summed E-state index contributed by atoms with van der Waals surface area (Å²) < 4.78 is 40.7. The highest BCUT2D eigenvalue weighted by Gasteiger charge is 2.29. The molecule has 1 aliphatic heterocycles. The third kappa shape index (κ3) is 4.02. The predicted octanol–water partition coefficient (Wildman–Crippen LogP) is 1.30. The number of amides is 1. The molecule has 1 saturated heterocycles. The second-order valence-corrected chi connectivity index (χ2v) is 8.46. The van der Waals surface area contributed by atoms with Gasteiger partial charge >= 0.3 is 0 Å². The van der Waals surface area contributed by atoms with Gasteiger partial charge < -0.3 is 9.80 Å². The van der Waals surface area contributed by atoms with Crippen LogP contribution in [-0.4, -0.2) is 56.4 Å². The van der Waals surface area contributed by atoms with E-state index in [0.717, 1.165) is 11.2 Å². The van der Waals surface area contributed by atoms with Crippen LogP contribution in [0.1, 0.15) is 6.92 Å². The fourth-order valence-corrected chi connectivity index (χ4v) is 4.75. The summed E-state index contributed by atoms with van der Waals surface area (Å²) in [6.45, 7) is 3.68. The number of benzene rings is 1. The van der Waals surface area contributed by atoms with Crippen molar-refractivity contribution in [3.05, 3.63) is 41.7 Å². The Hall–Kier alpha value is -2.04. The Kier molecular flexibility index (Phi) is 5.54. The molecule has 0 radical (unpaired) electrons. The van der Waals surface area contributed by atoms with Crippen LogP contribution in [0.2, 0.25) is 0 Å². The molecule has 1 atom stereocenters. The van der Waals surface area contributed by atoms with E-state index in [4.69, 9.17) is 0 Å². The molecule has 2 aromatic rings. The molecule has 1 aromatic carbocycles. The first-order valence-corrected chi connectivity index (χ1v) is 10.4. The number of rotatable bonds is 5. The minimum atomic E-state index is -4.11. The molecule has 0 saturated carbocycles. The molecule has 1 aromatic heterocycles. The number of hydrogen-bond donors (Lipinski definition) is 1. The van der Waals surface area contributed by atoms with Gasteiger partial charge in [0.05, 0.1) is 6.04 Å². The fraction of sp³-hybridized carbons (Fsp3) is 0.375. The maximum atomic E-state index is 13.7. The van der Waals surface area contributed by atoms with E-state index in [2.05, 4.69) is 14.6 Å². The monoisotopic (exact) mass is 398 g/mol. The van der Waals surface area contributed by atoms with Crippen LogP contribution in [-0.2, 0) is 14.8 Å². The van der Waals surface area contributed by atoms with Crippen molar-refractivity contribution < 1.29 is 17.6 Å². The van der Waals surface area contributed by atoms with E-state index in [9.17, 15) is 17.6 Å². The van der Waals surface area contributed by atoms with Gasteiger partial charge in [-0.05, 0) is 19.1 Å². The van der Waals surface area contributed by atoms with Crippen molar-refractivity contribution in [1.82, 2.24) is 14.6 Å². The molecule has 3 rings (SSSR count). The molecule has 1 N–H and O–H groups in total. The van der Waals surface area contributed by atoms with Crippen LogP contribution >= 0.6 is 11.3 Å². The average Bonchev–Trinajstić information content (AvgIpc) is 3.15. The van der Waals surface area contributed by atoms with Crippen molar-refractivity contribution in [1.29, 1.82) is 0 Å². The van der Waals surface area contributed by atoms with Gasteiger partial charge in [0.15, 0.2) is 5.13 Å². The van der Waals surface area contributed by atoms with E-state index >= 15 is 0 Å². The number of thiazole rings is 1. The van der Waals surface area contributed by atoms with Gasteiger partial charge in [-0.25, -0.2) is 17.8 Å². The minimum Gasteiger partial charge on any atom is -0.345 e. The first-order chi connectivity index (χ1) is 12.4. The fourth-order valence-electron chi connectivity index (χ4n) is 2.77. The smallest absolute Gasteiger partial charge is 0.244 e. The van der Waals surface area contributed by atoms with Crippen LogP contribution in [0.5, 0.6) is 0 Å². The first kappa shape index (κ1) is 18.7. The lowest BCUT2D eigenvalue weighted by molar-refractivity contribution is -0.132. The highest BCUT2D eigenvalue weighted by atomic mass is 32.2. The number of carbonyl (C=O) groups excluding carboxylic acids is 1. The summed E-state index contributed by atoms with van der Waals surface area (Å²) in [6, 6.07) is 4.10. The molecule has 26 heavy (non-hydrogen) atoms. The number of piperazine rings is 1. The van der Waals surface area contributed by atoms with E-state index in [-0.39, 0.29) is 5.91 Å². The molecule has 0 bridgehead atoms. The van der Waals surface area contributed by atoms with Crippen molar-refractivity contribution in [3.63, 3.8) is 0 Å². The molecular weight excluding hydrogens is 379 g/mol. The number of carbonyl (C=O) groups is 1. The summed E-state index contributed by atoms with van der Waals surface area (Å²) in [4.78, 5) is 20.0. The molecule has 2 heterocycles. The minimum absolute atomic E-state index is 0.330. The molecular formula is C16H19FN4O3S2. The van der Waals surface area contributed by atoms with Gasteiger partial charge in [-0.1, -0.05) is 12.1 Å². The summed E-state index contributed by atoms with van der Waals surface area (Å²) in [5.41, 5.74) is 0. The summed E-state index contributed by atoms with van der Waals surface area (Å²) >= 11 is 1.54.